The normalized spacial score (nSPS) is 16.4. The molecule has 0 saturated carbocycles. The summed E-state index contributed by atoms with van der Waals surface area (Å²) in [5, 5.41) is 12.1. The van der Waals surface area contributed by atoms with Crippen LogP contribution < -0.4 is 5.32 Å². The van der Waals surface area contributed by atoms with E-state index in [0.29, 0.717) is 24.5 Å². The number of hydrogen-bond donors (Lipinski definition) is 1. The zero-order chi connectivity index (χ0) is 15.1. The first-order chi connectivity index (χ1) is 10.2. The maximum atomic E-state index is 12.0. The molecule has 0 aromatic carbocycles. The van der Waals surface area contributed by atoms with Gasteiger partial charge in [-0.2, -0.15) is 5.26 Å². The maximum Gasteiger partial charge on any atom is 0.236 e. The third kappa shape index (κ3) is 4.39. The minimum atomic E-state index is 0.190. The van der Waals surface area contributed by atoms with Crippen LogP contribution in [0.5, 0.6) is 0 Å². The summed E-state index contributed by atoms with van der Waals surface area (Å²) in [5.74, 6) is 0.740. The number of hydrogen-bond acceptors (Lipinski definition) is 6. The zero-order valence-corrected chi connectivity index (χ0v) is 12.2. The Morgan fingerprint density at radius 1 is 1.48 bits per heavy atom. The Kier molecular flexibility index (Phi) is 5.46. The van der Waals surface area contributed by atoms with Crippen molar-refractivity contribution in [2.24, 2.45) is 0 Å². The van der Waals surface area contributed by atoms with Gasteiger partial charge in [-0.15, -0.1) is 0 Å². The monoisotopic (exact) mass is 288 g/mol. The van der Waals surface area contributed by atoms with Crippen LogP contribution in [0.15, 0.2) is 12.5 Å². The molecule has 1 aliphatic heterocycles. The second-order valence-corrected chi connectivity index (χ2v) is 5.15. The van der Waals surface area contributed by atoms with Crippen LogP contribution in [-0.4, -0.2) is 65.4 Å². The molecule has 1 N–H and O–H groups in total. The molecule has 21 heavy (non-hydrogen) atoms. The van der Waals surface area contributed by atoms with Crippen molar-refractivity contribution in [1.29, 1.82) is 5.26 Å². The molecular formula is C14H20N6O. The van der Waals surface area contributed by atoms with Gasteiger partial charge in [0.2, 0.25) is 5.91 Å². The quantitative estimate of drug-likeness (QED) is 0.785. The number of nitrogens with zero attached hydrogens (tertiary/aromatic N) is 5. The molecule has 1 aromatic heterocycles. The highest BCUT2D eigenvalue weighted by Crippen LogP contribution is 2.08. The van der Waals surface area contributed by atoms with Gasteiger partial charge in [0.05, 0.1) is 12.7 Å². The minimum Gasteiger partial charge on any atom is -0.369 e. The minimum absolute atomic E-state index is 0.190. The Labute approximate surface area is 124 Å². The molecule has 1 aliphatic rings. The van der Waals surface area contributed by atoms with Gasteiger partial charge < -0.3 is 10.2 Å². The Bertz CT molecular complexity index is 526. The zero-order valence-electron chi connectivity index (χ0n) is 12.2. The van der Waals surface area contributed by atoms with Crippen molar-refractivity contribution in [3.63, 3.8) is 0 Å². The second-order valence-electron chi connectivity index (χ2n) is 5.15. The highest BCUT2D eigenvalue weighted by Gasteiger charge is 2.18. The van der Waals surface area contributed by atoms with Crippen molar-refractivity contribution in [2.75, 3.05) is 45.1 Å². The number of anilines is 1. The molecule has 0 unspecified atom stereocenters. The average Bonchev–Trinajstić information content (AvgIpc) is 2.64. The lowest BCUT2D eigenvalue weighted by Crippen LogP contribution is -2.36. The summed E-state index contributed by atoms with van der Waals surface area (Å²) in [6.45, 7) is 3.68. The molecule has 2 rings (SSSR count). The Hall–Kier alpha value is -2.20. The smallest absolute Gasteiger partial charge is 0.236 e. The number of nitrogens with one attached hydrogen (secondary N) is 1. The number of nitriles is 1. The van der Waals surface area contributed by atoms with Crippen LogP contribution in [0, 0.1) is 11.3 Å². The molecule has 1 saturated heterocycles. The number of amides is 1. The molecule has 1 amide bonds. The lowest BCUT2D eigenvalue weighted by atomic mass is 10.3. The molecule has 1 fully saturated rings. The summed E-state index contributed by atoms with van der Waals surface area (Å²) < 4.78 is 0. The van der Waals surface area contributed by atoms with Crippen LogP contribution in [0.3, 0.4) is 0 Å². The number of carbonyl (C=O) groups is 1. The van der Waals surface area contributed by atoms with Crippen LogP contribution in [0.1, 0.15) is 18.4 Å². The fourth-order valence-corrected chi connectivity index (χ4v) is 2.33. The molecule has 1 aromatic rings. The average molecular weight is 288 g/mol. The van der Waals surface area contributed by atoms with E-state index in [2.05, 4.69) is 20.2 Å². The van der Waals surface area contributed by atoms with E-state index in [0.717, 1.165) is 32.5 Å². The largest absolute Gasteiger partial charge is 0.369 e. The van der Waals surface area contributed by atoms with Crippen LogP contribution in [-0.2, 0) is 4.79 Å². The fraction of sp³-hybridized carbons (Fsp3) is 0.571. The fourth-order valence-electron chi connectivity index (χ4n) is 2.33. The SMILES string of the molecule is CN1CCCN(CCCNc2ncncc2C#N)C(=O)C1. The molecule has 2 heterocycles. The summed E-state index contributed by atoms with van der Waals surface area (Å²) >= 11 is 0. The summed E-state index contributed by atoms with van der Waals surface area (Å²) in [7, 11) is 1.97. The number of carbonyl (C=O) groups excluding carboxylic acids is 1. The molecule has 0 spiro atoms. The maximum absolute atomic E-state index is 12.0. The van der Waals surface area contributed by atoms with Crippen molar-refractivity contribution >= 4 is 11.7 Å². The van der Waals surface area contributed by atoms with Crippen LogP contribution >= 0.6 is 0 Å². The van der Waals surface area contributed by atoms with E-state index in [1.54, 1.807) is 0 Å². The summed E-state index contributed by atoms with van der Waals surface area (Å²) in [6, 6.07) is 2.05. The van der Waals surface area contributed by atoms with Crippen LogP contribution in [0.25, 0.3) is 0 Å². The first-order valence-corrected chi connectivity index (χ1v) is 7.11. The van der Waals surface area contributed by atoms with Gasteiger partial charge in [0.15, 0.2) is 0 Å². The van der Waals surface area contributed by atoms with E-state index < -0.39 is 0 Å². The first kappa shape index (κ1) is 15.2. The molecular weight excluding hydrogens is 268 g/mol. The van der Waals surface area contributed by atoms with E-state index in [4.69, 9.17) is 5.26 Å². The van der Waals surface area contributed by atoms with E-state index in [1.165, 1.54) is 12.5 Å². The van der Waals surface area contributed by atoms with E-state index in [1.807, 2.05) is 18.0 Å². The second kappa shape index (κ2) is 7.55. The van der Waals surface area contributed by atoms with Crippen LogP contribution in [0.2, 0.25) is 0 Å². The molecule has 7 nitrogen and oxygen atoms in total. The number of likely N-dealkylation sites (N-methyl/N-ethyl adjacent to an activating group) is 1. The van der Waals surface area contributed by atoms with Gasteiger partial charge in [0, 0.05) is 26.2 Å². The molecule has 0 aliphatic carbocycles. The lowest BCUT2D eigenvalue weighted by molar-refractivity contribution is -0.130. The van der Waals surface area contributed by atoms with Crippen molar-refractivity contribution in [3.05, 3.63) is 18.1 Å². The molecule has 7 heteroatoms. The standard InChI is InChI=1S/C14H20N6O/c1-19-5-3-7-20(13(21)10-19)6-2-4-17-14-12(8-15)9-16-11-18-14/h9,11H,2-7,10H2,1H3,(H,16,17,18). The van der Waals surface area contributed by atoms with E-state index in [-0.39, 0.29) is 5.91 Å². The third-order valence-corrected chi connectivity index (χ3v) is 3.46. The van der Waals surface area contributed by atoms with Gasteiger partial charge in [0.25, 0.3) is 0 Å². The highest BCUT2D eigenvalue weighted by atomic mass is 16.2. The number of aromatic nitrogens is 2. The molecule has 112 valence electrons. The van der Waals surface area contributed by atoms with Crippen molar-refractivity contribution in [2.45, 2.75) is 12.8 Å². The van der Waals surface area contributed by atoms with Gasteiger partial charge in [-0.25, -0.2) is 9.97 Å². The summed E-state index contributed by atoms with van der Waals surface area (Å²) in [5.41, 5.74) is 0.435. The summed E-state index contributed by atoms with van der Waals surface area (Å²) in [4.78, 5) is 23.8. The van der Waals surface area contributed by atoms with Gasteiger partial charge >= 0.3 is 0 Å². The topological polar surface area (TPSA) is 85.2 Å². The molecule has 0 radical (unpaired) electrons. The Morgan fingerprint density at radius 2 is 2.33 bits per heavy atom. The predicted molar refractivity (Wildman–Crippen MR) is 78.5 cm³/mol. The lowest BCUT2D eigenvalue weighted by Gasteiger charge is -2.20. The molecule has 0 bridgehead atoms. The summed E-state index contributed by atoms with van der Waals surface area (Å²) in [6.07, 6.45) is 4.74. The van der Waals surface area contributed by atoms with E-state index in [9.17, 15) is 4.79 Å². The van der Waals surface area contributed by atoms with Gasteiger partial charge in [0.1, 0.15) is 23.8 Å². The highest BCUT2D eigenvalue weighted by molar-refractivity contribution is 5.78. The first-order valence-electron chi connectivity index (χ1n) is 7.11. The molecule has 0 atom stereocenters. The van der Waals surface area contributed by atoms with Gasteiger partial charge in [-0.05, 0) is 19.9 Å². The van der Waals surface area contributed by atoms with Gasteiger partial charge in [-0.1, -0.05) is 0 Å². The van der Waals surface area contributed by atoms with Gasteiger partial charge in [-0.3, -0.25) is 9.69 Å². The Balaban J connectivity index is 1.77. The Morgan fingerprint density at radius 3 is 3.14 bits per heavy atom. The van der Waals surface area contributed by atoms with Crippen molar-refractivity contribution in [3.8, 4) is 6.07 Å². The third-order valence-electron chi connectivity index (χ3n) is 3.46. The van der Waals surface area contributed by atoms with E-state index >= 15 is 0 Å². The number of rotatable bonds is 5. The predicted octanol–water partition coefficient (Wildman–Crippen LogP) is 0.314. The van der Waals surface area contributed by atoms with Crippen LogP contribution in [0.4, 0.5) is 5.82 Å². The van der Waals surface area contributed by atoms with Crippen molar-refractivity contribution < 1.29 is 4.79 Å². The van der Waals surface area contributed by atoms with Crippen molar-refractivity contribution in [1.82, 2.24) is 19.8 Å².